The van der Waals surface area contributed by atoms with Gasteiger partial charge in [-0.1, -0.05) is 0 Å². The fourth-order valence-corrected chi connectivity index (χ4v) is 2.39. The van der Waals surface area contributed by atoms with Crippen LogP contribution in [0.1, 0.15) is 12.8 Å². The number of nitrogens with one attached hydrogen (secondary N) is 1. The van der Waals surface area contributed by atoms with Crippen molar-refractivity contribution < 1.29 is 9.53 Å². The lowest BCUT2D eigenvalue weighted by atomic mass is 9.82. The van der Waals surface area contributed by atoms with Gasteiger partial charge in [0.1, 0.15) is 5.60 Å². The molecule has 0 saturated carbocycles. The van der Waals surface area contributed by atoms with Crippen molar-refractivity contribution in [3.8, 4) is 0 Å². The maximum Gasteiger partial charge on any atom is 0.270 e. The minimum absolute atomic E-state index is 0.175. The lowest BCUT2D eigenvalue weighted by molar-refractivity contribution is -0.113. The number of aliphatic imine (C=N–C) groups is 1. The molecule has 3 aliphatic rings. The van der Waals surface area contributed by atoms with E-state index in [9.17, 15) is 4.79 Å². The highest BCUT2D eigenvalue weighted by molar-refractivity contribution is 6.05. The third-order valence-electron chi connectivity index (χ3n) is 3.22. The largest absolute Gasteiger partial charge is 0.489 e. The highest BCUT2D eigenvalue weighted by Crippen LogP contribution is 2.41. The SMILES string of the molecule is O=C1C=C2C(=COC23CCNCC3)C=N1. The Bertz CT molecular complexity index is 401. The Hall–Kier alpha value is -1.42. The van der Waals surface area contributed by atoms with Crippen LogP contribution < -0.4 is 5.32 Å². The molecule has 0 aromatic rings. The molecule has 1 saturated heterocycles. The number of carbonyl (C=O) groups is 1. The van der Waals surface area contributed by atoms with Crippen LogP contribution in [0.4, 0.5) is 0 Å². The van der Waals surface area contributed by atoms with Crippen LogP contribution in [0.2, 0.25) is 0 Å². The highest BCUT2D eigenvalue weighted by atomic mass is 16.5. The number of nitrogens with zero attached hydrogens (tertiary/aromatic N) is 1. The molecule has 3 rings (SSSR count). The van der Waals surface area contributed by atoms with Crippen molar-refractivity contribution in [1.29, 1.82) is 0 Å². The number of hydrogen-bond donors (Lipinski definition) is 1. The minimum Gasteiger partial charge on any atom is -0.489 e. The molecule has 3 aliphatic heterocycles. The predicted octanol–water partition coefficient (Wildman–Crippen LogP) is 0.560. The van der Waals surface area contributed by atoms with E-state index < -0.39 is 0 Å². The van der Waals surface area contributed by atoms with Crippen molar-refractivity contribution in [1.82, 2.24) is 5.32 Å². The van der Waals surface area contributed by atoms with Crippen LogP contribution in [0.25, 0.3) is 0 Å². The first-order chi connectivity index (χ1) is 7.30. The van der Waals surface area contributed by atoms with E-state index >= 15 is 0 Å². The molecule has 0 aliphatic carbocycles. The van der Waals surface area contributed by atoms with Gasteiger partial charge in [-0.3, -0.25) is 4.79 Å². The minimum atomic E-state index is -0.261. The van der Waals surface area contributed by atoms with Gasteiger partial charge < -0.3 is 10.1 Å². The van der Waals surface area contributed by atoms with Crippen molar-refractivity contribution >= 4 is 12.1 Å². The van der Waals surface area contributed by atoms with Gasteiger partial charge in [0.2, 0.25) is 0 Å². The fourth-order valence-electron chi connectivity index (χ4n) is 2.39. The molecule has 1 fully saturated rings. The summed E-state index contributed by atoms with van der Waals surface area (Å²) in [6.07, 6.45) is 6.78. The Balaban J connectivity index is 1.98. The third kappa shape index (κ3) is 1.25. The van der Waals surface area contributed by atoms with E-state index in [1.807, 2.05) is 0 Å². The molecule has 0 bridgehead atoms. The zero-order chi connectivity index (χ0) is 10.3. The van der Waals surface area contributed by atoms with Crippen molar-refractivity contribution in [2.24, 2.45) is 4.99 Å². The predicted molar refractivity (Wildman–Crippen MR) is 55.6 cm³/mol. The van der Waals surface area contributed by atoms with Gasteiger partial charge in [0.25, 0.3) is 5.91 Å². The number of piperidine rings is 1. The topological polar surface area (TPSA) is 50.7 Å². The van der Waals surface area contributed by atoms with E-state index in [0.717, 1.165) is 37.1 Å². The zero-order valence-corrected chi connectivity index (χ0v) is 8.32. The summed E-state index contributed by atoms with van der Waals surface area (Å²) in [5, 5.41) is 3.29. The van der Waals surface area contributed by atoms with Crippen LogP contribution in [-0.4, -0.2) is 30.8 Å². The molecule has 1 spiro atoms. The summed E-state index contributed by atoms with van der Waals surface area (Å²) >= 11 is 0. The van der Waals surface area contributed by atoms with Crippen LogP contribution in [0.15, 0.2) is 28.5 Å². The second kappa shape index (κ2) is 3.03. The number of fused-ring (bicyclic) bond motifs is 2. The number of dihydropyridines is 1. The van der Waals surface area contributed by atoms with E-state index in [0.29, 0.717) is 0 Å². The first-order valence-electron chi connectivity index (χ1n) is 5.19. The normalized spacial score (nSPS) is 27.1. The van der Waals surface area contributed by atoms with Gasteiger partial charge in [0.15, 0.2) is 0 Å². The molecule has 78 valence electrons. The van der Waals surface area contributed by atoms with Gasteiger partial charge in [0, 0.05) is 36.3 Å². The Morgan fingerprint density at radius 2 is 2.20 bits per heavy atom. The van der Waals surface area contributed by atoms with E-state index in [1.165, 1.54) is 0 Å². The molecule has 1 amide bonds. The molecule has 0 aromatic heterocycles. The average molecular weight is 204 g/mol. The summed E-state index contributed by atoms with van der Waals surface area (Å²) in [6.45, 7) is 1.87. The standard InChI is InChI=1S/C11H12N2O2/c14-10-5-9-8(6-13-10)7-15-11(9)1-3-12-4-2-11/h5-7,12H,1-4H2. The molecule has 15 heavy (non-hydrogen) atoms. The van der Waals surface area contributed by atoms with Crippen LogP contribution in [-0.2, 0) is 9.53 Å². The van der Waals surface area contributed by atoms with Gasteiger partial charge in [-0.15, -0.1) is 0 Å². The van der Waals surface area contributed by atoms with Crippen molar-refractivity contribution in [2.45, 2.75) is 18.4 Å². The summed E-state index contributed by atoms with van der Waals surface area (Å²) in [5.74, 6) is -0.175. The van der Waals surface area contributed by atoms with Gasteiger partial charge in [0.05, 0.1) is 6.26 Å². The number of rotatable bonds is 0. The van der Waals surface area contributed by atoms with E-state index in [1.54, 1.807) is 18.6 Å². The Labute approximate surface area is 87.7 Å². The Morgan fingerprint density at radius 1 is 1.40 bits per heavy atom. The van der Waals surface area contributed by atoms with Crippen LogP contribution in [0.5, 0.6) is 0 Å². The molecule has 3 heterocycles. The third-order valence-corrected chi connectivity index (χ3v) is 3.22. The number of carbonyl (C=O) groups excluding carboxylic acids is 1. The van der Waals surface area contributed by atoms with Crippen LogP contribution in [0.3, 0.4) is 0 Å². The summed E-state index contributed by atoms with van der Waals surface area (Å²) in [5.41, 5.74) is 1.71. The monoisotopic (exact) mass is 204 g/mol. The van der Waals surface area contributed by atoms with Crippen LogP contribution >= 0.6 is 0 Å². The van der Waals surface area contributed by atoms with Crippen LogP contribution in [0, 0.1) is 0 Å². The van der Waals surface area contributed by atoms with Gasteiger partial charge in [-0.25, -0.2) is 4.99 Å². The second-order valence-electron chi connectivity index (χ2n) is 4.09. The Kier molecular flexibility index (Phi) is 1.79. The summed E-state index contributed by atoms with van der Waals surface area (Å²) < 4.78 is 5.76. The quantitative estimate of drug-likeness (QED) is 0.627. The van der Waals surface area contributed by atoms with Gasteiger partial charge in [-0.2, -0.15) is 0 Å². The molecule has 0 unspecified atom stereocenters. The summed E-state index contributed by atoms with van der Waals surface area (Å²) in [4.78, 5) is 15.0. The molecule has 4 nitrogen and oxygen atoms in total. The molecular formula is C11H12N2O2. The lowest BCUT2D eigenvalue weighted by Gasteiger charge is -2.35. The maximum absolute atomic E-state index is 11.3. The van der Waals surface area contributed by atoms with Crippen molar-refractivity contribution in [2.75, 3.05) is 13.1 Å². The molecule has 1 N–H and O–H groups in total. The molecule has 0 radical (unpaired) electrons. The van der Waals surface area contributed by atoms with E-state index in [4.69, 9.17) is 4.74 Å². The number of ether oxygens (including phenoxy) is 1. The molecular weight excluding hydrogens is 192 g/mol. The smallest absolute Gasteiger partial charge is 0.270 e. The molecule has 0 atom stereocenters. The summed E-state index contributed by atoms with van der Waals surface area (Å²) in [6, 6.07) is 0. The zero-order valence-electron chi connectivity index (χ0n) is 8.32. The summed E-state index contributed by atoms with van der Waals surface area (Å²) in [7, 11) is 0. The second-order valence-corrected chi connectivity index (χ2v) is 4.09. The van der Waals surface area contributed by atoms with E-state index in [2.05, 4.69) is 10.3 Å². The molecule has 4 heteroatoms. The number of amides is 1. The maximum atomic E-state index is 11.3. The van der Waals surface area contributed by atoms with Crippen molar-refractivity contribution in [3.63, 3.8) is 0 Å². The Morgan fingerprint density at radius 3 is 3.00 bits per heavy atom. The van der Waals surface area contributed by atoms with E-state index in [-0.39, 0.29) is 11.5 Å². The number of hydrogen-bond acceptors (Lipinski definition) is 3. The highest BCUT2D eigenvalue weighted by Gasteiger charge is 2.43. The van der Waals surface area contributed by atoms with Gasteiger partial charge >= 0.3 is 0 Å². The van der Waals surface area contributed by atoms with Gasteiger partial charge in [-0.05, 0) is 13.1 Å². The first-order valence-corrected chi connectivity index (χ1v) is 5.19. The average Bonchev–Trinajstić information content (AvgIpc) is 2.59. The molecule has 0 aromatic carbocycles. The lowest BCUT2D eigenvalue weighted by Crippen LogP contribution is -2.43. The first kappa shape index (κ1) is 8.85. The fraction of sp³-hybridized carbons (Fsp3) is 0.455. The van der Waals surface area contributed by atoms with Crippen molar-refractivity contribution in [3.05, 3.63) is 23.5 Å².